The lowest BCUT2D eigenvalue weighted by Crippen LogP contribution is -2.53. The molecule has 1 heterocycles. The van der Waals surface area contributed by atoms with Crippen molar-refractivity contribution in [2.75, 3.05) is 13.1 Å². The lowest BCUT2D eigenvalue weighted by Gasteiger charge is -2.30. The average molecular weight is 332 g/mol. The van der Waals surface area contributed by atoms with Crippen LogP contribution in [0.5, 0.6) is 0 Å². The van der Waals surface area contributed by atoms with Gasteiger partial charge in [0.25, 0.3) is 0 Å². The zero-order valence-electron chi connectivity index (χ0n) is 13.8. The zero-order chi connectivity index (χ0) is 15.5. The number of nitrogens with zero attached hydrogens (tertiary/aromatic N) is 1. The average Bonchev–Trinajstić information content (AvgIpc) is 3.06. The number of carbonyl (C=O) groups is 2. The van der Waals surface area contributed by atoms with Gasteiger partial charge in [-0.3, -0.25) is 9.59 Å². The molecular formula is C16H30ClN3O2. The minimum atomic E-state index is -0.220. The lowest BCUT2D eigenvalue weighted by molar-refractivity contribution is -0.130. The van der Waals surface area contributed by atoms with E-state index in [0.29, 0.717) is 19.5 Å². The first-order valence-electron chi connectivity index (χ1n) is 8.33. The molecule has 2 aliphatic rings. The van der Waals surface area contributed by atoms with Crippen molar-refractivity contribution in [2.24, 2.45) is 11.7 Å². The molecule has 0 aromatic carbocycles. The minimum absolute atomic E-state index is 0. The fraction of sp³-hybridized carbons (Fsp3) is 0.875. The molecular weight excluding hydrogens is 302 g/mol. The van der Waals surface area contributed by atoms with Gasteiger partial charge in [-0.05, 0) is 26.2 Å². The molecule has 2 rings (SSSR count). The Morgan fingerprint density at radius 1 is 1.45 bits per heavy atom. The van der Waals surface area contributed by atoms with Gasteiger partial charge in [-0.15, -0.1) is 12.4 Å². The van der Waals surface area contributed by atoms with Crippen molar-refractivity contribution in [1.29, 1.82) is 0 Å². The van der Waals surface area contributed by atoms with Gasteiger partial charge in [0, 0.05) is 25.6 Å². The molecule has 3 N–H and O–H groups in total. The third-order valence-corrected chi connectivity index (χ3v) is 5.11. The zero-order valence-corrected chi connectivity index (χ0v) is 14.6. The van der Waals surface area contributed by atoms with Crippen molar-refractivity contribution in [1.82, 2.24) is 10.2 Å². The number of hydrogen-bond donors (Lipinski definition) is 2. The Hall–Kier alpha value is -0.810. The predicted molar refractivity (Wildman–Crippen MR) is 89.8 cm³/mol. The number of halogens is 1. The van der Waals surface area contributed by atoms with Crippen LogP contribution in [0.2, 0.25) is 0 Å². The fourth-order valence-electron chi connectivity index (χ4n) is 3.70. The van der Waals surface area contributed by atoms with Crippen LogP contribution in [0.15, 0.2) is 0 Å². The predicted octanol–water partition coefficient (Wildman–Crippen LogP) is 1.83. The quantitative estimate of drug-likeness (QED) is 0.779. The van der Waals surface area contributed by atoms with Crippen LogP contribution >= 0.6 is 12.4 Å². The SMILES string of the molecule is CCCC(C)N1CC(C(=O)NC2(CN)CCCC2)CC1=O.Cl. The van der Waals surface area contributed by atoms with Gasteiger partial charge in [0.1, 0.15) is 0 Å². The first kappa shape index (κ1) is 19.2. The highest BCUT2D eigenvalue weighted by atomic mass is 35.5. The van der Waals surface area contributed by atoms with Gasteiger partial charge in [0.15, 0.2) is 0 Å². The number of likely N-dealkylation sites (tertiary alicyclic amines) is 1. The van der Waals surface area contributed by atoms with E-state index in [1.54, 1.807) is 0 Å². The summed E-state index contributed by atoms with van der Waals surface area (Å²) in [6, 6.07) is 0.232. The van der Waals surface area contributed by atoms with Gasteiger partial charge in [0.05, 0.1) is 11.5 Å². The van der Waals surface area contributed by atoms with Crippen molar-refractivity contribution < 1.29 is 9.59 Å². The second-order valence-corrected chi connectivity index (χ2v) is 6.77. The summed E-state index contributed by atoms with van der Waals surface area (Å²) < 4.78 is 0. The van der Waals surface area contributed by atoms with Crippen molar-refractivity contribution >= 4 is 24.2 Å². The van der Waals surface area contributed by atoms with Crippen molar-refractivity contribution in [3.05, 3.63) is 0 Å². The summed E-state index contributed by atoms with van der Waals surface area (Å²) in [6.45, 7) is 5.24. The molecule has 6 heteroatoms. The smallest absolute Gasteiger partial charge is 0.225 e. The Morgan fingerprint density at radius 3 is 2.64 bits per heavy atom. The van der Waals surface area contributed by atoms with Crippen LogP contribution in [0.3, 0.4) is 0 Å². The van der Waals surface area contributed by atoms with Crippen LogP contribution in [0, 0.1) is 5.92 Å². The number of carbonyl (C=O) groups excluding carboxylic acids is 2. The molecule has 1 aliphatic carbocycles. The lowest BCUT2D eigenvalue weighted by atomic mass is 9.96. The maximum atomic E-state index is 12.5. The second-order valence-electron chi connectivity index (χ2n) is 6.77. The first-order chi connectivity index (χ1) is 10.0. The van der Waals surface area contributed by atoms with Crippen molar-refractivity contribution in [2.45, 2.75) is 70.4 Å². The highest BCUT2D eigenvalue weighted by molar-refractivity contribution is 5.89. The van der Waals surface area contributed by atoms with Crippen LogP contribution in [0.25, 0.3) is 0 Å². The Bertz CT molecular complexity index is 397. The van der Waals surface area contributed by atoms with Crippen molar-refractivity contribution in [3.8, 4) is 0 Å². The van der Waals surface area contributed by atoms with E-state index in [0.717, 1.165) is 38.5 Å². The van der Waals surface area contributed by atoms with E-state index >= 15 is 0 Å². The molecule has 2 atom stereocenters. The van der Waals surface area contributed by atoms with E-state index in [1.165, 1.54) is 0 Å². The number of rotatable bonds is 6. The van der Waals surface area contributed by atoms with Crippen molar-refractivity contribution in [3.63, 3.8) is 0 Å². The van der Waals surface area contributed by atoms with Gasteiger partial charge < -0.3 is 16.0 Å². The molecule has 2 amide bonds. The Morgan fingerprint density at radius 2 is 2.09 bits per heavy atom. The van der Waals surface area contributed by atoms with E-state index in [4.69, 9.17) is 5.73 Å². The first-order valence-corrected chi connectivity index (χ1v) is 8.33. The third-order valence-electron chi connectivity index (χ3n) is 5.11. The van der Waals surface area contributed by atoms with Gasteiger partial charge in [0.2, 0.25) is 11.8 Å². The number of nitrogens with two attached hydrogens (primary N) is 1. The van der Waals surface area contributed by atoms with Gasteiger partial charge >= 0.3 is 0 Å². The van der Waals surface area contributed by atoms with Gasteiger partial charge in [-0.2, -0.15) is 0 Å². The molecule has 0 bridgehead atoms. The monoisotopic (exact) mass is 331 g/mol. The van der Waals surface area contributed by atoms with Crippen LogP contribution in [-0.4, -0.2) is 41.4 Å². The minimum Gasteiger partial charge on any atom is -0.349 e. The molecule has 128 valence electrons. The summed E-state index contributed by atoms with van der Waals surface area (Å²) in [7, 11) is 0. The summed E-state index contributed by atoms with van der Waals surface area (Å²) in [5.74, 6) is -0.0768. The van der Waals surface area contributed by atoms with Gasteiger partial charge in [-0.25, -0.2) is 0 Å². The summed E-state index contributed by atoms with van der Waals surface area (Å²) in [5, 5.41) is 3.15. The Labute approximate surface area is 139 Å². The largest absolute Gasteiger partial charge is 0.349 e. The molecule has 0 spiro atoms. The van der Waals surface area contributed by atoms with Crippen LogP contribution in [0.1, 0.15) is 58.8 Å². The van der Waals surface area contributed by atoms with Crippen LogP contribution in [0.4, 0.5) is 0 Å². The Balaban J connectivity index is 0.00000242. The van der Waals surface area contributed by atoms with Gasteiger partial charge in [-0.1, -0.05) is 26.2 Å². The molecule has 2 unspecified atom stereocenters. The van der Waals surface area contributed by atoms with E-state index in [1.807, 2.05) is 4.90 Å². The molecule has 2 fully saturated rings. The molecule has 1 aliphatic heterocycles. The number of nitrogens with one attached hydrogen (secondary N) is 1. The summed E-state index contributed by atoms with van der Waals surface area (Å²) in [6.07, 6.45) is 6.57. The number of amides is 2. The number of hydrogen-bond acceptors (Lipinski definition) is 3. The molecule has 0 aromatic rings. The highest BCUT2D eigenvalue weighted by Crippen LogP contribution is 2.30. The van der Waals surface area contributed by atoms with Crippen LogP contribution < -0.4 is 11.1 Å². The molecule has 0 radical (unpaired) electrons. The Kier molecular flexibility index (Phi) is 7.13. The summed E-state index contributed by atoms with van der Waals surface area (Å²) >= 11 is 0. The second kappa shape index (κ2) is 8.16. The van der Waals surface area contributed by atoms with E-state index < -0.39 is 0 Å². The normalized spacial score (nSPS) is 25.0. The molecule has 22 heavy (non-hydrogen) atoms. The summed E-state index contributed by atoms with van der Waals surface area (Å²) in [4.78, 5) is 26.5. The third kappa shape index (κ3) is 4.13. The molecule has 1 saturated carbocycles. The fourth-order valence-corrected chi connectivity index (χ4v) is 3.70. The maximum Gasteiger partial charge on any atom is 0.225 e. The molecule has 1 saturated heterocycles. The van der Waals surface area contributed by atoms with E-state index in [-0.39, 0.29) is 41.7 Å². The highest BCUT2D eigenvalue weighted by Gasteiger charge is 2.40. The summed E-state index contributed by atoms with van der Waals surface area (Å²) in [5.41, 5.74) is 5.65. The topological polar surface area (TPSA) is 75.4 Å². The maximum absolute atomic E-state index is 12.5. The van der Waals surface area contributed by atoms with Crippen LogP contribution in [-0.2, 0) is 9.59 Å². The van der Waals surface area contributed by atoms with E-state index in [2.05, 4.69) is 19.2 Å². The standard InChI is InChI=1S/C16H29N3O2.ClH/c1-3-6-12(2)19-10-13(9-14(19)20)15(21)18-16(11-17)7-4-5-8-16;/h12-13H,3-11,17H2,1-2H3,(H,18,21);1H. The molecule has 0 aromatic heterocycles. The molecule has 5 nitrogen and oxygen atoms in total. The van der Waals surface area contributed by atoms with E-state index in [9.17, 15) is 9.59 Å².